The van der Waals surface area contributed by atoms with E-state index in [1.165, 1.54) is 51.9 Å². The zero-order valence-corrected chi connectivity index (χ0v) is 14.2. The molecule has 2 aliphatic heterocycles. The van der Waals surface area contributed by atoms with Crippen LogP contribution in [0.3, 0.4) is 0 Å². The van der Waals surface area contributed by atoms with Crippen LogP contribution in [0.5, 0.6) is 0 Å². The molecule has 0 bridgehead atoms. The Kier molecular flexibility index (Phi) is 15.1. The van der Waals surface area contributed by atoms with Gasteiger partial charge in [0.1, 0.15) is 0 Å². The summed E-state index contributed by atoms with van der Waals surface area (Å²) in [7, 11) is 4.35. The van der Waals surface area contributed by atoms with E-state index in [1.807, 2.05) is 13.8 Å². The number of likely N-dealkylation sites (tertiary alicyclic amines) is 2. The predicted octanol–water partition coefficient (Wildman–Crippen LogP) is 2.48. The number of nitrogens with zero attached hydrogens (tertiary/aromatic N) is 2. The maximum Gasteiger partial charge on any atom is 0.0700 e. The van der Waals surface area contributed by atoms with E-state index in [-0.39, 0.29) is 0 Å². The van der Waals surface area contributed by atoms with Gasteiger partial charge in [-0.2, -0.15) is 0 Å². The van der Waals surface area contributed by atoms with Crippen molar-refractivity contribution in [3.05, 3.63) is 0 Å². The van der Waals surface area contributed by atoms with Gasteiger partial charge in [-0.1, -0.05) is 0 Å². The molecular weight excluding hydrogens is 252 g/mol. The van der Waals surface area contributed by atoms with E-state index in [0.717, 1.165) is 26.4 Å². The van der Waals surface area contributed by atoms with Crippen LogP contribution in [0.4, 0.5) is 0 Å². The Morgan fingerprint density at radius 3 is 1.10 bits per heavy atom. The third-order valence-electron chi connectivity index (χ3n) is 3.44. The van der Waals surface area contributed by atoms with Crippen molar-refractivity contribution >= 4 is 0 Å². The summed E-state index contributed by atoms with van der Waals surface area (Å²) in [5.41, 5.74) is 0. The monoisotopic (exact) mass is 288 g/mol. The zero-order valence-electron chi connectivity index (χ0n) is 14.2. The van der Waals surface area contributed by atoms with E-state index in [1.54, 1.807) is 0 Å². The van der Waals surface area contributed by atoms with Crippen LogP contribution in [0.2, 0.25) is 0 Å². The molecule has 122 valence electrons. The van der Waals surface area contributed by atoms with Gasteiger partial charge in [-0.15, -0.1) is 0 Å². The molecule has 0 aromatic rings. The maximum atomic E-state index is 5.01. The molecule has 2 fully saturated rings. The summed E-state index contributed by atoms with van der Waals surface area (Å²) in [6.07, 6.45) is 5.65. The Balaban J connectivity index is 0.000000274. The summed E-state index contributed by atoms with van der Waals surface area (Å²) in [6.45, 7) is 12.3. The molecule has 0 amide bonds. The highest BCUT2D eigenvalue weighted by Crippen LogP contribution is 2.02. The summed E-state index contributed by atoms with van der Waals surface area (Å²) >= 11 is 0. The molecule has 2 aliphatic rings. The molecule has 0 atom stereocenters. The molecule has 0 radical (unpaired) electrons. The quantitative estimate of drug-likeness (QED) is 0.726. The largest absolute Gasteiger partial charge is 0.379 e. The van der Waals surface area contributed by atoms with Crippen LogP contribution in [-0.2, 0) is 9.47 Å². The highest BCUT2D eigenvalue weighted by Gasteiger charge is 2.03. The average molecular weight is 288 g/mol. The fourth-order valence-electron chi connectivity index (χ4n) is 2.16. The van der Waals surface area contributed by atoms with E-state index in [2.05, 4.69) is 23.9 Å². The molecule has 0 N–H and O–H groups in total. The summed E-state index contributed by atoms with van der Waals surface area (Å²) in [5.74, 6) is 0. The second-order valence-electron chi connectivity index (χ2n) is 5.41. The molecule has 4 nitrogen and oxygen atoms in total. The van der Waals surface area contributed by atoms with Crippen LogP contribution >= 0.6 is 0 Å². The normalized spacial score (nSPS) is 19.2. The van der Waals surface area contributed by atoms with Crippen molar-refractivity contribution in [3.8, 4) is 0 Å². The zero-order chi connectivity index (χ0) is 15.1. The second-order valence-corrected chi connectivity index (χ2v) is 5.41. The molecule has 20 heavy (non-hydrogen) atoms. The standard InChI is InChI=1S/C6H14O2.2C5H11N/c1-3-7-5-6-8-4-2;2*1-6-4-2-3-5-6/h3-6H2,1-2H3;2*2-5H2,1H3. The molecule has 0 saturated carbocycles. The maximum absolute atomic E-state index is 5.01. The highest BCUT2D eigenvalue weighted by molar-refractivity contribution is 4.59. The van der Waals surface area contributed by atoms with Crippen LogP contribution in [0.15, 0.2) is 0 Å². The van der Waals surface area contributed by atoms with Gasteiger partial charge in [-0.3, -0.25) is 0 Å². The van der Waals surface area contributed by atoms with E-state index in [9.17, 15) is 0 Å². The van der Waals surface area contributed by atoms with Crippen LogP contribution in [0, 0.1) is 0 Å². The summed E-state index contributed by atoms with van der Waals surface area (Å²) in [4.78, 5) is 4.72. The topological polar surface area (TPSA) is 24.9 Å². The minimum Gasteiger partial charge on any atom is -0.379 e. The smallest absolute Gasteiger partial charge is 0.0700 e. The van der Waals surface area contributed by atoms with Crippen LogP contribution in [0.25, 0.3) is 0 Å². The third-order valence-corrected chi connectivity index (χ3v) is 3.44. The second kappa shape index (κ2) is 15.2. The minimum absolute atomic E-state index is 0.727. The lowest BCUT2D eigenvalue weighted by Crippen LogP contribution is -2.10. The lowest BCUT2D eigenvalue weighted by atomic mass is 10.4. The van der Waals surface area contributed by atoms with Crippen LogP contribution in [0.1, 0.15) is 39.5 Å². The first-order valence-corrected chi connectivity index (χ1v) is 8.23. The van der Waals surface area contributed by atoms with Crippen molar-refractivity contribution < 1.29 is 9.47 Å². The molecule has 0 aromatic heterocycles. The molecule has 0 spiro atoms. The van der Waals surface area contributed by atoms with Gasteiger partial charge >= 0.3 is 0 Å². The van der Waals surface area contributed by atoms with Crippen LogP contribution in [-0.4, -0.2) is 76.5 Å². The fourth-order valence-corrected chi connectivity index (χ4v) is 2.16. The average Bonchev–Trinajstić information content (AvgIpc) is 3.10. The fraction of sp³-hybridized carbons (Fsp3) is 1.00. The Labute approximate surface area is 126 Å². The summed E-state index contributed by atoms with van der Waals surface area (Å²) in [6, 6.07) is 0. The molecule has 2 heterocycles. The van der Waals surface area contributed by atoms with Gasteiger partial charge in [0.25, 0.3) is 0 Å². The van der Waals surface area contributed by atoms with Gasteiger partial charge in [0.2, 0.25) is 0 Å². The third kappa shape index (κ3) is 14.3. The number of hydrogen-bond acceptors (Lipinski definition) is 4. The van der Waals surface area contributed by atoms with E-state index >= 15 is 0 Å². The molecule has 0 unspecified atom stereocenters. The van der Waals surface area contributed by atoms with Crippen molar-refractivity contribution in [3.63, 3.8) is 0 Å². The lowest BCUT2D eigenvalue weighted by molar-refractivity contribution is 0.0584. The van der Waals surface area contributed by atoms with Gasteiger partial charge in [0.05, 0.1) is 13.2 Å². The summed E-state index contributed by atoms with van der Waals surface area (Å²) in [5, 5.41) is 0. The molecule has 2 rings (SSSR count). The first-order chi connectivity index (χ1) is 9.70. The lowest BCUT2D eigenvalue weighted by Gasteiger charge is -2.01. The van der Waals surface area contributed by atoms with E-state index in [4.69, 9.17) is 9.47 Å². The molecule has 0 aromatic carbocycles. The van der Waals surface area contributed by atoms with E-state index < -0.39 is 0 Å². The first kappa shape index (κ1) is 19.8. The number of rotatable bonds is 5. The Morgan fingerprint density at radius 2 is 0.950 bits per heavy atom. The van der Waals surface area contributed by atoms with Crippen LogP contribution < -0.4 is 0 Å². The Bertz CT molecular complexity index is 159. The van der Waals surface area contributed by atoms with E-state index in [0.29, 0.717) is 0 Å². The minimum atomic E-state index is 0.727. The number of ether oxygens (including phenoxy) is 2. The molecular formula is C16H36N2O2. The first-order valence-electron chi connectivity index (χ1n) is 8.23. The SMILES string of the molecule is CCOCCOCC.CN1CCCC1.CN1CCCC1. The highest BCUT2D eigenvalue weighted by atomic mass is 16.5. The Hall–Kier alpha value is -0.160. The predicted molar refractivity (Wildman–Crippen MR) is 86.4 cm³/mol. The number of hydrogen-bond donors (Lipinski definition) is 0. The van der Waals surface area contributed by atoms with Gasteiger partial charge in [0, 0.05) is 13.2 Å². The molecule has 2 saturated heterocycles. The molecule has 0 aliphatic carbocycles. The van der Waals surface area contributed by atoms with Gasteiger partial charge in [-0.25, -0.2) is 0 Å². The van der Waals surface area contributed by atoms with Gasteiger partial charge in [-0.05, 0) is 79.8 Å². The van der Waals surface area contributed by atoms with Crippen molar-refractivity contribution in [2.24, 2.45) is 0 Å². The Morgan fingerprint density at radius 1 is 0.650 bits per heavy atom. The van der Waals surface area contributed by atoms with Crippen molar-refractivity contribution in [2.75, 3.05) is 66.7 Å². The van der Waals surface area contributed by atoms with Gasteiger partial charge in [0.15, 0.2) is 0 Å². The molecule has 4 heteroatoms. The van der Waals surface area contributed by atoms with Crippen molar-refractivity contribution in [1.29, 1.82) is 0 Å². The summed E-state index contributed by atoms with van der Waals surface area (Å²) < 4.78 is 10.0. The van der Waals surface area contributed by atoms with Crippen molar-refractivity contribution in [1.82, 2.24) is 9.80 Å². The van der Waals surface area contributed by atoms with Gasteiger partial charge < -0.3 is 19.3 Å². The van der Waals surface area contributed by atoms with Crippen molar-refractivity contribution in [2.45, 2.75) is 39.5 Å².